The second-order valence-corrected chi connectivity index (χ2v) is 13.2. The molecule has 3 saturated carbocycles. The van der Waals surface area contributed by atoms with Gasteiger partial charge in [0.05, 0.1) is 0 Å². The molecule has 3 aliphatic rings. The predicted octanol–water partition coefficient (Wildman–Crippen LogP) is 6.50. The van der Waals surface area contributed by atoms with Gasteiger partial charge in [0.25, 0.3) is 0 Å². The van der Waals surface area contributed by atoms with E-state index in [1.54, 1.807) is 0 Å². The van der Waals surface area contributed by atoms with E-state index in [0.717, 1.165) is 29.2 Å². The highest BCUT2D eigenvalue weighted by molar-refractivity contribution is 4.99. The monoisotopic (exact) mass is 390 g/mol. The van der Waals surface area contributed by atoms with Crippen LogP contribution >= 0.6 is 0 Å². The summed E-state index contributed by atoms with van der Waals surface area (Å²) in [4.78, 5) is 2.76. The summed E-state index contributed by atoms with van der Waals surface area (Å²) in [6.07, 6.45) is 14.7. The van der Waals surface area contributed by atoms with Crippen molar-refractivity contribution in [1.29, 1.82) is 0 Å². The maximum Gasteiger partial charge on any atom is 0.00966 e. The Labute approximate surface area is 176 Å². The summed E-state index contributed by atoms with van der Waals surface area (Å²) in [7, 11) is 2.43. The summed E-state index contributed by atoms with van der Waals surface area (Å²) in [5, 5.41) is 3.72. The first-order valence-corrected chi connectivity index (χ1v) is 12.4. The van der Waals surface area contributed by atoms with Crippen LogP contribution in [0.1, 0.15) is 106 Å². The van der Waals surface area contributed by atoms with Gasteiger partial charge in [-0.2, -0.15) is 0 Å². The zero-order valence-corrected chi connectivity index (χ0v) is 20.2. The quantitative estimate of drug-likeness (QED) is 0.576. The molecule has 1 N–H and O–H groups in total. The lowest BCUT2D eigenvalue weighted by molar-refractivity contribution is -0.0133. The molecule has 0 bridgehead atoms. The number of nitrogens with one attached hydrogen (secondary N) is 1. The van der Waals surface area contributed by atoms with Crippen LogP contribution in [0.3, 0.4) is 0 Å². The predicted molar refractivity (Wildman–Crippen MR) is 123 cm³/mol. The van der Waals surface area contributed by atoms with Crippen LogP contribution in [0.25, 0.3) is 0 Å². The third-order valence-electron chi connectivity index (χ3n) is 8.62. The topological polar surface area (TPSA) is 15.3 Å². The first kappa shape index (κ1) is 22.6. The van der Waals surface area contributed by atoms with Crippen LogP contribution in [0, 0.1) is 28.6 Å². The zero-order valence-electron chi connectivity index (χ0n) is 20.2. The van der Waals surface area contributed by atoms with Crippen LogP contribution in [0.4, 0.5) is 0 Å². The highest BCUT2D eigenvalue weighted by Gasteiger charge is 2.46. The van der Waals surface area contributed by atoms with Crippen LogP contribution in [-0.2, 0) is 0 Å². The molecule has 0 unspecified atom stereocenters. The Morgan fingerprint density at radius 3 is 1.89 bits per heavy atom. The van der Waals surface area contributed by atoms with Crippen molar-refractivity contribution < 1.29 is 0 Å². The summed E-state index contributed by atoms with van der Waals surface area (Å²) in [6, 6.07) is 0.859. The van der Waals surface area contributed by atoms with E-state index >= 15 is 0 Å². The van der Waals surface area contributed by atoms with E-state index < -0.39 is 0 Å². The molecule has 0 atom stereocenters. The molecule has 164 valence electrons. The summed E-state index contributed by atoms with van der Waals surface area (Å²) in [5.41, 5.74) is 1.51. The fourth-order valence-corrected chi connectivity index (χ4v) is 6.59. The highest BCUT2D eigenvalue weighted by Crippen LogP contribution is 2.55. The lowest BCUT2D eigenvalue weighted by atomic mass is 9.55. The maximum atomic E-state index is 3.72. The minimum Gasteiger partial charge on any atom is -0.312 e. The average Bonchev–Trinajstić information content (AvgIpc) is 2.57. The number of nitrogens with zero attached hydrogens (tertiary/aromatic N) is 1. The van der Waals surface area contributed by atoms with Crippen molar-refractivity contribution in [1.82, 2.24) is 10.2 Å². The molecule has 3 fully saturated rings. The normalized spacial score (nSPS) is 37.3. The van der Waals surface area contributed by atoms with E-state index in [-0.39, 0.29) is 5.54 Å². The molecule has 2 heteroatoms. The molecule has 0 aromatic rings. The first-order chi connectivity index (χ1) is 13.0. The zero-order chi connectivity index (χ0) is 20.6. The Kier molecular flexibility index (Phi) is 6.92. The maximum absolute atomic E-state index is 3.72. The van der Waals surface area contributed by atoms with Gasteiger partial charge in [0, 0.05) is 18.1 Å². The molecule has 0 saturated heterocycles. The lowest BCUT2D eigenvalue weighted by Crippen LogP contribution is -2.49. The van der Waals surface area contributed by atoms with E-state index in [9.17, 15) is 0 Å². The molecule has 3 aliphatic carbocycles. The van der Waals surface area contributed by atoms with Crippen molar-refractivity contribution >= 4 is 0 Å². The van der Waals surface area contributed by atoms with Gasteiger partial charge in [0.2, 0.25) is 0 Å². The molecule has 2 nitrogen and oxygen atoms in total. The van der Waals surface area contributed by atoms with Crippen LogP contribution in [0.2, 0.25) is 0 Å². The molecule has 0 heterocycles. The summed E-state index contributed by atoms with van der Waals surface area (Å²) >= 11 is 0. The number of hydrogen-bond acceptors (Lipinski definition) is 2. The van der Waals surface area contributed by atoms with Crippen molar-refractivity contribution in [3.05, 3.63) is 0 Å². The van der Waals surface area contributed by atoms with Crippen molar-refractivity contribution in [3.8, 4) is 0 Å². The highest BCUT2D eigenvalue weighted by atomic mass is 15.1. The Morgan fingerprint density at radius 2 is 1.39 bits per heavy atom. The molecular weight excluding hydrogens is 340 g/mol. The smallest absolute Gasteiger partial charge is 0.00966 e. The Hall–Kier alpha value is -0.0800. The molecule has 0 radical (unpaired) electrons. The molecule has 0 amide bonds. The van der Waals surface area contributed by atoms with Gasteiger partial charge < -0.3 is 10.2 Å². The molecule has 1 spiro atoms. The first-order valence-electron chi connectivity index (χ1n) is 12.4. The van der Waals surface area contributed by atoms with Gasteiger partial charge in [0.1, 0.15) is 0 Å². The van der Waals surface area contributed by atoms with Gasteiger partial charge in [-0.1, -0.05) is 20.8 Å². The van der Waals surface area contributed by atoms with Crippen LogP contribution in [0.15, 0.2) is 0 Å². The largest absolute Gasteiger partial charge is 0.312 e. The Balaban J connectivity index is 1.34. The van der Waals surface area contributed by atoms with Crippen LogP contribution in [-0.4, -0.2) is 36.6 Å². The molecule has 3 rings (SSSR count). The third kappa shape index (κ3) is 5.97. The van der Waals surface area contributed by atoms with E-state index in [1.807, 2.05) is 0 Å². The average molecular weight is 391 g/mol. The van der Waals surface area contributed by atoms with Gasteiger partial charge in [-0.3, -0.25) is 0 Å². The third-order valence-corrected chi connectivity index (χ3v) is 8.62. The standard InChI is InChI=1S/C26H50N2/c1-24(2,3)22-10-8-20(9-11-22)19-28(7)23-12-14-26(15-13-23)16-21(17-26)18-27-25(4,5)6/h20-23,27H,8-19H2,1-7H3. The summed E-state index contributed by atoms with van der Waals surface area (Å²) in [6.45, 7) is 16.8. The molecular formula is C26H50N2. The van der Waals surface area contributed by atoms with Crippen molar-refractivity contribution in [2.24, 2.45) is 28.6 Å². The molecule has 0 aromatic carbocycles. The van der Waals surface area contributed by atoms with Crippen molar-refractivity contribution in [2.45, 2.75) is 117 Å². The lowest BCUT2D eigenvalue weighted by Gasteiger charge is -2.53. The SMILES string of the molecule is CN(CC1CCC(C(C)(C)C)CC1)C1CCC2(CC1)CC(CNC(C)(C)C)C2. The molecule has 0 aromatic heterocycles. The fourth-order valence-electron chi connectivity index (χ4n) is 6.59. The van der Waals surface area contributed by atoms with Gasteiger partial charge in [-0.05, 0) is 127 Å². The van der Waals surface area contributed by atoms with Crippen molar-refractivity contribution in [3.63, 3.8) is 0 Å². The van der Waals surface area contributed by atoms with E-state index in [0.29, 0.717) is 5.41 Å². The van der Waals surface area contributed by atoms with E-state index in [2.05, 4.69) is 58.8 Å². The Bertz CT molecular complexity index is 474. The number of rotatable bonds is 5. The minimum atomic E-state index is 0.273. The van der Waals surface area contributed by atoms with Crippen molar-refractivity contribution in [2.75, 3.05) is 20.1 Å². The Morgan fingerprint density at radius 1 is 0.821 bits per heavy atom. The fraction of sp³-hybridized carbons (Fsp3) is 1.00. The number of hydrogen-bond donors (Lipinski definition) is 1. The van der Waals surface area contributed by atoms with Crippen LogP contribution in [0.5, 0.6) is 0 Å². The molecule has 0 aliphatic heterocycles. The summed E-state index contributed by atoms with van der Waals surface area (Å²) in [5.74, 6) is 2.84. The van der Waals surface area contributed by atoms with E-state index in [4.69, 9.17) is 0 Å². The van der Waals surface area contributed by atoms with Crippen LogP contribution < -0.4 is 5.32 Å². The van der Waals surface area contributed by atoms with Gasteiger partial charge in [-0.25, -0.2) is 0 Å². The summed E-state index contributed by atoms with van der Waals surface area (Å²) < 4.78 is 0. The van der Waals surface area contributed by atoms with Gasteiger partial charge in [0.15, 0.2) is 0 Å². The minimum absolute atomic E-state index is 0.273. The second-order valence-electron chi connectivity index (χ2n) is 13.2. The van der Waals surface area contributed by atoms with Gasteiger partial charge in [-0.15, -0.1) is 0 Å². The van der Waals surface area contributed by atoms with E-state index in [1.165, 1.54) is 77.3 Å². The molecule has 28 heavy (non-hydrogen) atoms. The second kappa shape index (κ2) is 8.58. The van der Waals surface area contributed by atoms with Gasteiger partial charge >= 0.3 is 0 Å².